The van der Waals surface area contributed by atoms with Crippen molar-refractivity contribution in [3.8, 4) is 17.2 Å². The number of benzene rings is 2. The smallest absolute Gasteiger partial charge is 0.409 e. The van der Waals surface area contributed by atoms with E-state index >= 15 is 0 Å². The Morgan fingerprint density at radius 1 is 1.17 bits per heavy atom. The Morgan fingerprint density at radius 2 is 1.97 bits per heavy atom. The Bertz CT molecular complexity index is 857. The normalized spacial score (nSPS) is 20.4. The molecule has 7 heteroatoms. The molecule has 0 aromatic heterocycles. The van der Waals surface area contributed by atoms with E-state index in [0.29, 0.717) is 43.6 Å². The SMILES string of the molecule is CCOC(=O)N1CC[C@@H](c2ccc(F)cc2)[C@H](COc2ccc3c(c2)OCO3)C1. The van der Waals surface area contributed by atoms with Crippen LogP contribution in [0.5, 0.6) is 17.2 Å². The first kappa shape index (κ1) is 19.4. The van der Waals surface area contributed by atoms with Crippen molar-refractivity contribution >= 4 is 6.09 Å². The van der Waals surface area contributed by atoms with Gasteiger partial charge in [-0.05, 0) is 49.1 Å². The fraction of sp³-hybridized carbons (Fsp3) is 0.409. The van der Waals surface area contributed by atoms with Gasteiger partial charge in [-0.15, -0.1) is 0 Å². The number of fused-ring (bicyclic) bond motifs is 1. The van der Waals surface area contributed by atoms with Gasteiger partial charge in [0.15, 0.2) is 11.5 Å². The van der Waals surface area contributed by atoms with Gasteiger partial charge in [0.05, 0.1) is 13.2 Å². The summed E-state index contributed by atoms with van der Waals surface area (Å²) in [7, 11) is 0. The molecule has 0 bridgehead atoms. The van der Waals surface area contributed by atoms with Crippen molar-refractivity contribution in [2.45, 2.75) is 19.3 Å². The first-order chi connectivity index (χ1) is 14.1. The van der Waals surface area contributed by atoms with Crippen LogP contribution >= 0.6 is 0 Å². The van der Waals surface area contributed by atoms with E-state index in [2.05, 4.69) is 0 Å². The first-order valence-electron chi connectivity index (χ1n) is 9.83. The number of nitrogens with zero attached hydrogens (tertiary/aromatic N) is 1. The Kier molecular flexibility index (Phi) is 5.74. The van der Waals surface area contributed by atoms with Crippen LogP contribution in [-0.2, 0) is 4.74 Å². The second-order valence-corrected chi connectivity index (χ2v) is 7.18. The summed E-state index contributed by atoms with van der Waals surface area (Å²) in [5.74, 6) is 1.99. The third kappa shape index (κ3) is 4.39. The van der Waals surface area contributed by atoms with Gasteiger partial charge in [0.2, 0.25) is 6.79 Å². The van der Waals surface area contributed by atoms with Crippen molar-refractivity contribution in [3.05, 3.63) is 53.8 Å². The molecule has 6 nitrogen and oxygen atoms in total. The second-order valence-electron chi connectivity index (χ2n) is 7.18. The standard InChI is InChI=1S/C22H24FNO5/c1-2-26-22(25)24-10-9-19(15-3-5-17(23)6-4-15)16(12-24)13-27-18-7-8-20-21(11-18)29-14-28-20/h3-8,11,16,19H,2,9-10,12-14H2,1H3/t16-,19-/m0/s1. The predicted molar refractivity (Wildman–Crippen MR) is 104 cm³/mol. The maximum Gasteiger partial charge on any atom is 0.409 e. The van der Waals surface area contributed by atoms with Crippen molar-refractivity contribution in [2.75, 3.05) is 33.1 Å². The van der Waals surface area contributed by atoms with Crippen LogP contribution in [0.15, 0.2) is 42.5 Å². The molecule has 154 valence electrons. The van der Waals surface area contributed by atoms with Crippen LogP contribution in [-0.4, -0.2) is 44.1 Å². The van der Waals surface area contributed by atoms with Crippen LogP contribution in [0.25, 0.3) is 0 Å². The van der Waals surface area contributed by atoms with E-state index in [9.17, 15) is 9.18 Å². The Balaban J connectivity index is 1.49. The number of ether oxygens (including phenoxy) is 4. The molecule has 0 spiro atoms. The highest BCUT2D eigenvalue weighted by Gasteiger charge is 2.33. The summed E-state index contributed by atoms with van der Waals surface area (Å²) in [5, 5.41) is 0. The van der Waals surface area contributed by atoms with Gasteiger partial charge < -0.3 is 23.8 Å². The molecule has 2 aromatic rings. The van der Waals surface area contributed by atoms with Crippen LogP contribution in [0.4, 0.5) is 9.18 Å². The summed E-state index contributed by atoms with van der Waals surface area (Å²) in [6, 6.07) is 12.0. The van der Waals surface area contributed by atoms with E-state index in [-0.39, 0.29) is 30.5 Å². The average molecular weight is 401 g/mol. The lowest BCUT2D eigenvalue weighted by Gasteiger charge is -2.38. The van der Waals surface area contributed by atoms with E-state index < -0.39 is 0 Å². The number of likely N-dealkylation sites (tertiary alicyclic amines) is 1. The molecule has 0 aliphatic carbocycles. The molecule has 2 aromatic carbocycles. The van der Waals surface area contributed by atoms with Crippen LogP contribution in [0.2, 0.25) is 0 Å². The molecule has 1 saturated heterocycles. The highest BCUT2D eigenvalue weighted by molar-refractivity contribution is 5.67. The number of carbonyl (C=O) groups is 1. The molecule has 0 unspecified atom stereocenters. The zero-order valence-corrected chi connectivity index (χ0v) is 16.3. The molecule has 2 atom stereocenters. The van der Waals surface area contributed by atoms with Crippen LogP contribution in [0, 0.1) is 11.7 Å². The molecular weight excluding hydrogens is 377 g/mol. The Hall–Kier alpha value is -2.96. The van der Waals surface area contributed by atoms with Crippen molar-refractivity contribution in [1.82, 2.24) is 4.90 Å². The zero-order chi connectivity index (χ0) is 20.2. The molecular formula is C22H24FNO5. The molecule has 2 heterocycles. The predicted octanol–water partition coefficient (Wildman–Crippen LogP) is 4.20. The monoisotopic (exact) mass is 401 g/mol. The molecule has 2 aliphatic rings. The van der Waals surface area contributed by atoms with Gasteiger partial charge in [0.1, 0.15) is 11.6 Å². The quantitative estimate of drug-likeness (QED) is 0.752. The van der Waals surface area contributed by atoms with Gasteiger partial charge >= 0.3 is 6.09 Å². The summed E-state index contributed by atoms with van der Waals surface area (Å²) < 4.78 is 35.3. The summed E-state index contributed by atoms with van der Waals surface area (Å²) in [5.41, 5.74) is 1.05. The van der Waals surface area contributed by atoms with E-state index in [0.717, 1.165) is 12.0 Å². The highest BCUT2D eigenvalue weighted by atomic mass is 19.1. The Morgan fingerprint density at radius 3 is 2.76 bits per heavy atom. The number of piperidine rings is 1. The molecule has 4 rings (SSSR count). The number of rotatable bonds is 5. The van der Waals surface area contributed by atoms with Crippen molar-refractivity contribution < 1.29 is 28.1 Å². The van der Waals surface area contributed by atoms with Gasteiger partial charge in [-0.2, -0.15) is 0 Å². The first-order valence-corrected chi connectivity index (χ1v) is 9.83. The molecule has 2 aliphatic heterocycles. The summed E-state index contributed by atoms with van der Waals surface area (Å²) in [6.07, 6.45) is 0.456. The van der Waals surface area contributed by atoms with Gasteiger partial charge in [-0.25, -0.2) is 9.18 Å². The van der Waals surface area contributed by atoms with E-state index in [1.807, 2.05) is 24.3 Å². The summed E-state index contributed by atoms with van der Waals surface area (Å²) in [6.45, 7) is 3.88. The van der Waals surface area contributed by atoms with Gasteiger partial charge in [0, 0.05) is 25.1 Å². The number of amides is 1. The molecule has 1 amide bonds. The second kappa shape index (κ2) is 8.59. The third-order valence-corrected chi connectivity index (χ3v) is 5.37. The Labute approximate surface area is 169 Å². The van der Waals surface area contributed by atoms with E-state index in [1.54, 1.807) is 17.9 Å². The largest absolute Gasteiger partial charge is 0.493 e. The third-order valence-electron chi connectivity index (χ3n) is 5.37. The molecule has 0 saturated carbocycles. The lowest BCUT2D eigenvalue weighted by atomic mass is 9.81. The van der Waals surface area contributed by atoms with Crippen LogP contribution < -0.4 is 14.2 Å². The number of hydrogen-bond acceptors (Lipinski definition) is 5. The fourth-order valence-electron chi connectivity index (χ4n) is 3.90. The van der Waals surface area contributed by atoms with Crippen LogP contribution in [0.1, 0.15) is 24.8 Å². The summed E-state index contributed by atoms with van der Waals surface area (Å²) >= 11 is 0. The zero-order valence-electron chi connectivity index (χ0n) is 16.3. The fourth-order valence-corrected chi connectivity index (χ4v) is 3.90. The minimum Gasteiger partial charge on any atom is -0.493 e. The number of carbonyl (C=O) groups excluding carboxylic acids is 1. The minimum atomic E-state index is -0.307. The van der Waals surface area contributed by atoms with Crippen molar-refractivity contribution in [3.63, 3.8) is 0 Å². The van der Waals surface area contributed by atoms with Crippen LogP contribution in [0.3, 0.4) is 0 Å². The van der Waals surface area contributed by atoms with E-state index in [4.69, 9.17) is 18.9 Å². The lowest BCUT2D eigenvalue weighted by Crippen LogP contribution is -2.45. The molecule has 29 heavy (non-hydrogen) atoms. The maximum atomic E-state index is 13.4. The molecule has 1 fully saturated rings. The molecule has 0 N–H and O–H groups in total. The van der Waals surface area contributed by atoms with Gasteiger partial charge in [0.25, 0.3) is 0 Å². The lowest BCUT2D eigenvalue weighted by molar-refractivity contribution is 0.0714. The van der Waals surface area contributed by atoms with Gasteiger partial charge in [-0.1, -0.05) is 12.1 Å². The van der Waals surface area contributed by atoms with Crippen molar-refractivity contribution in [1.29, 1.82) is 0 Å². The topological polar surface area (TPSA) is 57.2 Å². The van der Waals surface area contributed by atoms with Crippen molar-refractivity contribution in [2.24, 2.45) is 5.92 Å². The number of halogens is 1. The van der Waals surface area contributed by atoms with Gasteiger partial charge in [-0.3, -0.25) is 0 Å². The summed E-state index contributed by atoms with van der Waals surface area (Å²) in [4.78, 5) is 13.9. The maximum absolute atomic E-state index is 13.4. The minimum absolute atomic E-state index is 0.0454. The average Bonchev–Trinajstić information content (AvgIpc) is 3.21. The van der Waals surface area contributed by atoms with E-state index in [1.165, 1.54) is 12.1 Å². The number of hydrogen-bond donors (Lipinski definition) is 0. The highest BCUT2D eigenvalue weighted by Crippen LogP contribution is 2.37. The molecule has 0 radical (unpaired) electrons.